The molecule has 2 aromatic rings. The molecular weight excluding hydrogens is 390 g/mol. The van der Waals surface area contributed by atoms with Gasteiger partial charge in [0.15, 0.2) is 5.16 Å². The minimum atomic E-state index is -0.385. The summed E-state index contributed by atoms with van der Waals surface area (Å²) in [5.74, 6) is 1.13. The van der Waals surface area contributed by atoms with Gasteiger partial charge in [-0.05, 0) is 31.9 Å². The molecule has 0 aliphatic heterocycles. The Morgan fingerprint density at radius 2 is 2.10 bits per heavy atom. The molecule has 0 bridgehead atoms. The number of hydrogen-bond donors (Lipinski definition) is 1. The van der Waals surface area contributed by atoms with Crippen LogP contribution in [0.2, 0.25) is 0 Å². The van der Waals surface area contributed by atoms with Crippen molar-refractivity contribution < 1.29 is 14.0 Å². The summed E-state index contributed by atoms with van der Waals surface area (Å²) in [6.45, 7) is 2.34. The first-order chi connectivity index (χ1) is 14.0. The van der Waals surface area contributed by atoms with E-state index >= 15 is 0 Å². The lowest BCUT2D eigenvalue weighted by Gasteiger charge is -2.32. The van der Waals surface area contributed by atoms with Crippen LogP contribution in [0.1, 0.15) is 57.0 Å². The number of nitrogens with two attached hydrogens (primary N) is 1. The number of carbonyl (C=O) groups is 2. The molecule has 0 spiro atoms. The average molecular weight is 420 g/mol. The molecule has 1 atom stereocenters. The van der Waals surface area contributed by atoms with E-state index in [4.69, 9.17) is 10.2 Å². The maximum absolute atomic E-state index is 13.0. The van der Waals surface area contributed by atoms with Gasteiger partial charge in [-0.1, -0.05) is 31.0 Å². The van der Waals surface area contributed by atoms with Crippen LogP contribution in [0.25, 0.3) is 0 Å². The fourth-order valence-electron chi connectivity index (χ4n) is 3.69. The third-order valence-corrected chi connectivity index (χ3v) is 6.45. The van der Waals surface area contributed by atoms with E-state index in [1.165, 1.54) is 31.0 Å². The predicted octanol–water partition coefficient (Wildman–Crippen LogP) is 2.61. The number of furan rings is 1. The Morgan fingerprint density at radius 3 is 2.76 bits per heavy atom. The first-order valence-corrected chi connectivity index (χ1v) is 11.0. The Kier molecular flexibility index (Phi) is 7.35. The highest BCUT2D eigenvalue weighted by molar-refractivity contribution is 8.00. The van der Waals surface area contributed by atoms with Crippen molar-refractivity contribution in [2.45, 2.75) is 74.9 Å². The number of hydrogen-bond acceptors (Lipinski definition) is 6. The summed E-state index contributed by atoms with van der Waals surface area (Å²) in [5, 5.41) is 8.86. The molecule has 2 aromatic heterocycles. The van der Waals surface area contributed by atoms with Gasteiger partial charge in [0.1, 0.15) is 11.6 Å². The van der Waals surface area contributed by atoms with E-state index in [1.54, 1.807) is 6.26 Å². The Labute approximate surface area is 175 Å². The number of nitrogens with zero attached hydrogens (tertiary/aromatic N) is 4. The first kappa shape index (κ1) is 21.4. The molecule has 3 rings (SSSR count). The summed E-state index contributed by atoms with van der Waals surface area (Å²) in [6.07, 6.45) is 7.98. The molecule has 2 heterocycles. The summed E-state index contributed by atoms with van der Waals surface area (Å²) in [4.78, 5) is 26.1. The second-order valence-corrected chi connectivity index (χ2v) is 8.84. The Bertz CT molecular complexity index is 814. The maximum Gasteiger partial charge on any atom is 0.235 e. The minimum Gasteiger partial charge on any atom is -0.467 e. The van der Waals surface area contributed by atoms with Crippen molar-refractivity contribution in [1.82, 2.24) is 19.7 Å². The van der Waals surface area contributed by atoms with Crippen LogP contribution in [0.3, 0.4) is 0 Å². The molecule has 0 aromatic carbocycles. The van der Waals surface area contributed by atoms with Crippen LogP contribution in [-0.2, 0) is 22.6 Å². The van der Waals surface area contributed by atoms with Crippen LogP contribution in [0.15, 0.2) is 28.0 Å². The third kappa shape index (κ3) is 5.62. The molecule has 2 amide bonds. The zero-order valence-electron chi connectivity index (χ0n) is 17.0. The molecule has 9 heteroatoms. The molecule has 1 aliphatic carbocycles. The number of aryl methyl sites for hydroxylation is 1. The van der Waals surface area contributed by atoms with Crippen molar-refractivity contribution in [3.8, 4) is 0 Å². The number of amides is 2. The molecule has 1 unspecified atom stereocenters. The largest absolute Gasteiger partial charge is 0.467 e. The van der Waals surface area contributed by atoms with E-state index in [9.17, 15) is 9.59 Å². The Hall–Kier alpha value is -2.29. The Morgan fingerprint density at radius 1 is 1.34 bits per heavy atom. The van der Waals surface area contributed by atoms with Crippen molar-refractivity contribution in [3.63, 3.8) is 0 Å². The molecule has 29 heavy (non-hydrogen) atoms. The number of thioether (sulfide) groups is 1. The van der Waals surface area contributed by atoms with Crippen molar-refractivity contribution in [1.29, 1.82) is 0 Å². The molecule has 8 nitrogen and oxygen atoms in total. The van der Waals surface area contributed by atoms with Crippen molar-refractivity contribution >= 4 is 23.6 Å². The van der Waals surface area contributed by atoms with E-state index in [1.807, 2.05) is 35.6 Å². The average Bonchev–Trinajstić information content (AvgIpc) is 3.37. The van der Waals surface area contributed by atoms with Crippen molar-refractivity contribution in [2.75, 3.05) is 7.05 Å². The molecule has 158 valence electrons. The zero-order valence-corrected chi connectivity index (χ0v) is 17.9. The second-order valence-electron chi connectivity index (χ2n) is 7.53. The lowest BCUT2D eigenvalue weighted by molar-refractivity contribution is -0.131. The molecule has 2 N–H and O–H groups in total. The molecule has 1 fully saturated rings. The van der Waals surface area contributed by atoms with Gasteiger partial charge >= 0.3 is 0 Å². The maximum atomic E-state index is 13.0. The fraction of sp³-hybridized carbons (Fsp3) is 0.600. The smallest absolute Gasteiger partial charge is 0.235 e. The molecule has 1 aliphatic rings. The minimum absolute atomic E-state index is 0.105. The van der Waals surface area contributed by atoms with E-state index in [0.29, 0.717) is 30.0 Å². The van der Waals surface area contributed by atoms with Gasteiger partial charge in [-0.3, -0.25) is 14.2 Å². The first-order valence-electron chi connectivity index (χ1n) is 10.1. The highest BCUT2D eigenvalue weighted by Crippen LogP contribution is 2.28. The van der Waals surface area contributed by atoms with Crippen LogP contribution in [-0.4, -0.2) is 49.8 Å². The molecular formula is C20H29N5O3S. The monoisotopic (exact) mass is 419 g/mol. The predicted molar refractivity (Wildman–Crippen MR) is 110 cm³/mol. The molecule has 1 saturated carbocycles. The number of aromatic nitrogens is 3. The molecule has 0 saturated heterocycles. The van der Waals surface area contributed by atoms with Gasteiger partial charge in [-0.15, -0.1) is 10.2 Å². The molecule has 0 radical (unpaired) electrons. The lowest BCUT2D eigenvalue weighted by atomic mass is 9.94. The van der Waals surface area contributed by atoms with Gasteiger partial charge in [0.25, 0.3) is 0 Å². The highest BCUT2D eigenvalue weighted by atomic mass is 32.2. The number of carbonyl (C=O) groups excluding carboxylic acids is 2. The highest BCUT2D eigenvalue weighted by Gasteiger charge is 2.28. The second kappa shape index (κ2) is 9.96. The van der Waals surface area contributed by atoms with Crippen LogP contribution >= 0.6 is 11.8 Å². The third-order valence-electron chi connectivity index (χ3n) is 5.38. The van der Waals surface area contributed by atoms with Crippen molar-refractivity contribution in [2.24, 2.45) is 5.73 Å². The lowest BCUT2D eigenvalue weighted by Crippen LogP contribution is -2.42. The van der Waals surface area contributed by atoms with Gasteiger partial charge in [-0.2, -0.15) is 0 Å². The van der Waals surface area contributed by atoms with Crippen LogP contribution < -0.4 is 5.73 Å². The fourth-order valence-corrected chi connectivity index (χ4v) is 4.66. The van der Waals surface area contributed by atoms with E-state index < -0.39 is 0 Å². The quantitative estimate of drug-likeness (QED) is 0.626. The van der Waals surface area contributed by atoms with E-state index in [2.05, 4.69) is 10.2 Å². The Balaban J connectivity index is 1.72. The summed E-state index contributed by atoms with van der Waals surface area (Å²) in [7, 11) is 1.90. The van der Waals surface area contributed by atoms with Crippen molar-refractivity contribution in [3.05, 3.63) is 30.0 Å². The van der Waals surface area contributed by atoms with Gasteiger partial charge in [0.2, 0.25) is 11.8 Å². The SMILES string of the molecule is CC(Sc1nnc(CCC(N)=O)n1Cc1ccco1)C(=O)N(C)C1CCCCC1. The normalized spacial score (nSPS) is 15.9. The van der Waals surface area contributed by atoms with Gasteiger partial charge in [0.05, 0.1) is 18.1 Å². The van der Waals surface area contributed by atoms with Crippen LogP contribution in [0, 0.1) is 0 Å². The van der Waals surface area contributed by atoms with E-state index in [-0.39, 0.29) is 23.5 Å². The van der Waals surface area contributed by atoms with Crippen LogP contribution in [0.5, 0.6) is 0 Å². The summed E-state index contributed by atoms with van der Waals surface area (Å²) >= 11 is 1.39. The van der Waals surface area contributed by atoms with Gasteiger partial charge < -0.3 is 15.1 Å². The number of rotatable bonds is 9. The summed E-state index contributed by atoms with van der Waals surface area (Å²) < 4.78 is 7.36. The zero-order chi connectivity index (χ0) is 20.8. The summed E-state index contributed by atoms with van der Waals surface area (Å²) in [5.41, 5.74) is 5.29. The van der Waals surface area contributed by atoms with Gasteiger partial charge in [-0.25, -0.2) is 0 Å². The van der Waals surface area contributed by atoms with Crippen LogP contribution in [0.4, 0.5) is 0 Å². The standard InChI is InChI=1S/C20H29N5O3S/c1-14(19(27)24(2)15-7-4-3-5-8-15)29-20-23-22-18(11-10-17(21)26)25(20)13-16-9-6-12-28-16/h6,9,12,14-15H,3-5,7-8,10-11,13H2,1-2H3,(H2,21,26). The number of primary amides is 1. The summed E-state index contributed by atoms with van der Waals surface area (Å²) in [6, 6.07) is 4.02. The van der Waals surface area contributed by atoms with Gasteiger partial charge in [0, 0.05) is 25.9 Å². The van der Waals surface area contributed by atoms with E-state index in [0.717, 1.165) is 18.6 Å². The topological polar surface area (TPSA) is 107 Å².